The van der Waals surface area contributed by atoms with Gasteiger partial charge in [-0.2, -0.15) is 0 Å². The molecule has 3 heteroatoms. The van der Waals surface area contributed by atoms with Gasteiger partial charge in [0.2, 0.25) is 0 Å². The first-order valence-electron chi connectivity index (χ1n) is 5.65. The van der Waals surface area contributed by atoms with Gasteiger partial charge in [-0.25, -0.2) is 4.98 Å². The number of pyridine rings is 1. The summed E-state index contributed by atoms with van der Waals surface area (Å²) in [6.45, 7) is 3.70. The molecule has 1 aliphatic rings. The minimum Gasteiger partial charge on any atom is -0.384 e. The van der Waals surface area contributed by atoms with Crippen molar-refractivity contribution < 1.29 is 5.11 Å². The lowest BCUT2D eigenvalue weighted by Gasteiger charge is -2.22. The molecule has 16 heavy (non-hydrogen) atoms. The lowest BCUT2D eigenvalue weighted by molar-refractivity contribution is 0.0237. The van der Waals surface area contributed by atoms with Crippen molar-refractivity contribution >= 4 is 15.9 Å². The number of unbranched alkanes of at least 4 members (excludes halogenated alkanes) is 1. The first-order valence-corrected chi connectivity index (χ1v) is 6.44. The molecular weight excluding hydrogens is 266 g/mol. The van der Waals surface area contributed by atoms with E-state index in [9.17, 15) is 5.11 Å². The minimum atomic E-state index is -0.720. The third-order valence-corrected chi connectivity index (χ3v) is 3.63. The van der Waals surface area contributed by atoms with Crippen LogP contribution in [0.5, 0.6) is 0 Å². The largest absolute Gasteiger partial charge is 0.384 e. The van der Waals surface area contributed by atoms with E-state index in [1.165, 1.54) is 5.56 Å². The maximum Gasteiger partial charge on any atom is 0.107 e. The van der Waals surface area contributed by atoms with Crippen LogP contribution in [0, 0.1) is 0 Å². The molecule has 2 nitrogen and oxygen atoms in total. The van der Waals surface area contributed by atoms with Crippen molar-refractivity contribution in [3.05, 3.63) is 40.6 Å². The van der Waals surface area contributed by atoms with Gasteiger partial charge in [-0.3, -0.25) is 0 Å². The van der Waals surface area contributed by atoms with Crippen molar-refractivity contribution in [1.82, 2.24) is 4.98 Å². The third-order valence-electron chi connectivity index (χ3n) is 3.19. The van der Waals surface area contributed by atoms with E-state index >= 15 is 0 Å². The van der Waals surface area contributed by atoms with Gasteiger partial charge < -0.3 is 5.11 Å². The van der Waals surface area contributed by atoms with E-state index in [-0.39, 0.29) is 0 Å². The van der Waals surface area contributed by atoms with Crippen molar-refractivity contribution in [3.63, 3.8) is 0 Å². The molecule has 0 bridgehead atoms. The van der Waals surface area contributed by atoms with Crippen LogP contribution >= 0.6 is 15.9 Å². The van der Waals surface area contributed by atoms with Gasteiger partial charge in [-0.15, -0.1) is 6.58 Å². The Balaban J connectivity index is 2.20. The standard InChI is InChI=1S/C13H16BrNO/c1-2-3-4-8-13(16)9-7-10-5-6-11(14)15-12(10)13/h2,5-6,16H,1,3-4,7-9H2. The molecule has 0 aliphatic heterocycles. The van der Waals surface area contributed by atoms with E-state index in [0.29, 0.717) is 0 Å². The van der Waals surface area contributed by atoms with E-state index in [0.717, 1.165) is 42.4 Å². The number of aromatic nitrogens is 1. The number of halogens is 1. The summed E-state index contributed by atoms with van der Waals surface area (Å²) < 4.78 is 0.801. The van der Waals surface area contributed by atoms with Gasteiger partial charge in [-0.1, -0.05) is 12.1 Å². The molecule has 0 saturated heterocycles. The zero-order valence-electron chi connectivity index (χ0n) is 9.25. The van der Waals surface area contributed by atoms with Crippen molar-refractivity contribution in [2.75, 3.05) is 0 Å². The number of hydrogen-bond acceptors (Lipinski definition) is 2. The van der Waals surface area contributed by atoms with Gasteiger partial charge in [-0.05, 0) is 59.7 Å². The first-order chi connectivity index (χ1) is 7.65. The van der Waals surface area contributed by atoms with E-state index in [1.807, 2.05) is 12.1 Å². The molecule has 1 atom stereocenters. The van der Waals surface area contributed by atoms with Crippen LogP contribution in [0.15, 0.2) is 29.4 Å². The molecule has 0 amide bonds. The lowest BCUT2D eigenvalue weighted by atomic mass is 9.94. The Labute approximate surface area is 105 Å². The molecule has 2 rings (SSSR count). The number of nitrogens with zero attached hydrogens (tertiary/aromatic N) is 1. The Hall–Kier alpha value is -0.670. The molecule has 0 saturated carbocycles. The molecule has 0 radical (unpaired) electrons. The maximum atomic E-state index is 10.6. The first kappa shape index (κ1) is 11.8. The Morgan fingerprint density at radius 3 is 3.12 bits per heavy atom. The number of hydrogen-bond donors (Lipinski definition) is 1. The van der Waals surface area contributed by atoms with Crippen LogP contribution in [0.1, 0.15) is 36.9 Å². The van der Waals surface area contributed by atoms with Crippen molar-refractivity contribution in [1.29, 1.82) is 0 Å². The molecule has 0 spiro atoms. The molecule has 1 aliphatic carbocycles. The maximum absolute atomic E-state index is 10.6. The van der Waals surface area contributed by atoms with E-state index in [2.05, 4.69) is 33.6 Å². The smallest absolute Gasteiger partial charge is 0.107 e. The van der Waals surface area contributed by atoms with Crippen LogP contribution in [0.25, 0.3) is 0 Å². The Kier molecular flexibility index (Phi) is 3.45. The average Bonchev–Trinajstić information content (AvgIpc) is 2.58. The molecule has 1 aromatic heterocycles. The average molecular weight is 282 g/mol. The van der Waals surface area contributed by atoms with Crippen LogP contribution in [0.3, 0.4) is 0 Å². The van der Waals surface area contributed by atoms with Gasteiger partial charge in [0, 0.05) is 0 Å². The zero-order valence-corrected chi connectivity index (χ0v) is 10.8. The van der Waals surface area contributed by atoms with Crippen LogP contribution in [-0.2, 0) is 12.0 Å². The van der Waals surface area contributed by atoms with Crippen LogP contribution in [-0.4, -0.2) is 10.1 Å². The summed E-state index contributed by atoms with van der Waals surface area (Å²) in [5.74, 6) is 0. The van der Waals surface area contributed by atoms with Gasteiger partial charge in [0.1, 0.15) is 10.2 Å². The Morgan fingerprint density at radius 2 is 2.38 bits per heavy atom. The van der Waals surface area contributed by atoms with Crippen LogP contribution in [0.4, 0.5) is 0 Å². The monoisotopic (exact) mass is 281 g/mol. The normalized spacial score (nSPS) is 23.1. The zero-order chi connectivity index (χ0) is 11.6. The van der Waals surface area contributed by atoms with Crippen molar-refractivity contribution in [2.24, 2.45) is 0 Å². The van der Waals surface area contributed by atoms with E-state index in [4.69, 9.17) is 0 Å². The van der Waals surface area contributed by atoms with Crippen LogP contribution in [0.2, 0.25) is 0 Å². The van der Waals surface area contributed by atoms with Gasteiger partial charge >= 0.3 is 0 Å². The Bertz CT molecular complexity index is 405. The Morgan fingerprint density at radius 1 is 1.56 bits per heavy atom. The third kappa shape index (κ3) is 2.20. The quantitative estimate of drug-likeness (QED) is 0.522. The number of allylic oxidation sites excluding steroid dienone is 1. The van der Waals surface area contributed by atoms with Crippen LogP contribution < -0.4 is 0 Å². The number of rotatable bonds is 4. The molecule has 1 aromatic rings. The number of aryl methyl sites for hydroxylation is 1. The molecule has 1 heterocycles. The van der Waals surface area contributed by atoms with Crippen molar-refractivity contribution in [3.8, 4) is 0 Å². The summed E-state index contributed by atoms with van der Waals surface area (Å²) in [7, 11) is 0. The second-order valence-corrected chi connectivity index (χ2v) is 5.17. The molecular formula is C13H16BrNO. The number of fused-ring (bicyclic) bond motifs is 1. The SMILES string of the molecule is C=CCCCC1(O)CCc2ccc(Br)nc21. The summed E-state index contributed by atoms with van der Waals surface area (Å²) >= 11 is 3.36. The highest BCUT2D eigenvalue weighted by Crippen LogP contribution is 2.39. The highest BCUT2D eigenvalue weighted by atomic mass is 79.9. The number of aliphatic hydroxyl groups is 1. The summed E-state index contributed by atoms with van der Waals surface area (Å²) in [6.07, 6.45) is 6.31. The second-order valence-electron chi connectivity index (χ2n) is 4.35. The lowest BCUT2D eigenvalue weighted by Crippen LogP contribution is -2.23. The predicted octanol–water partition coefficient (Wildman–Crippen LogP) is 3.33. The van der Waals surface area contributed by atoms with E-state index < -0.39 is 5.60 Å². The van der Waals surface area contributed by atoms with Crippen molar-refractivity contribution in [2.45, 2.75) is 37.7 Å². The molecule has 0 aromatic carbocycles. The summed E-state index contributed by atoms with van der Waals surface area (Å²) in [5, 5.41) is 10.6. The topological polar surface area (TPSA) is 33.1 Å². The van der Waals surface area contributed by atoms with Gasteiger partial charge in [0.05, 0.1) is 5.69 Å². The molecule has 1 unspecified atom stereocenters. The fourth-order valence-corrected chi connectivity index (χ4v) is 2.62. The van der Waals surface area contributed by atoms with Gasteiger partial charge in [0.25, 0.3) is 0 Å². The molecule has 1 N–H and O–H groups in total. The highest BCUT2D eigenvalue weighted by Gasteiger charge is 2.37. The fourth-order valence-electron chi connectivity index (χ4n) is 2.31. The highest BCUT2D eigenvalue weighted by molar-refractivity contribution is 9.10. The molecule has 86 valence electrons. The summed E-state index contributed by atoms with van der Waals surface area (Å²) in [6, 6.07) is 3.99. The second kappa shape index (κ2) is 4.68. The summed E-state index contributed by atoms with van der Waals surface area (Å²) in [4.78, 5) is 4.43. The molecule has 0 fully saturated rings. The predicted molar refractivity (Wildman–Crippen MR) is 68.2 cm³/mol. The summed E-state index contributed by atoms with van der Waals surface area (Å²) in [5.41, 5.74) is 1.33. The van der Waals surface area contributed by atoms with Gasteiger partial charge in [0.15, 0.2) is 0 Å². The fraction of sp³-hybridized carbons (Fsp3) is 0.462. The van der Waals surface area contributed by atoms with E-state index in [1.54, 1.807) is 0 Å². The minimum absolute atomic E-state index is 0.720.